The molecule has 11 heteroatoms. The van der Waals surface area contributed by atoms with E-state index >= 15 is 0 Å². The molecule has 1 aliphatic heterocycles. The number of halogens is 2. The summed E-state index contributed by atoms with van der Waals surface area (Å²) in [6.45, 7) is 4.18. The first-order chi connectivity index (χ1) is 17.2. The van der Waals surface area contributed by atoms with E-state index < -0.39 is 18.1 Å². The van der Waals surface area contributed by atoms with Crippen molar-refractivity contribution in [2.45, 2.75) is 26.0 Å². The van der Waals surface area contributed by atoms with Gasteiger partial charge in [0.2, 0.25) is 0 Å². The Morgan fingerprint density at radius 3 is 2.56 bits per heavy atom. The fourth-order valence-electron chi connectivity index (χ4n) is 3.62. The number of fused-ring (bicyclic) bond motifs is 1. The summed E-state index contributed by atoms with van der Waals surface area (Å²) in [7, 11) is 0. The first kappa shape index (κ1) is 25.5. The molecular formula is C25H24Cl2N4O5. The van der Waals surface area contributed by atoms with Crippen LogP contribution >= 0.6 is 23.2 Å². The third-order valence-electron chi connectivity index (χ3n) is 5.37. The molecule has 0 bridgehead atoms. The second kappa shape index (κ2) is 11.0. The van der Waals surface area contributed by atoms with Crippen LogP contribution in [0.4, 0.5) is 4.79 Å². The lowest BCUT2D eigenvalue weighted by atomic mass is 10.1. The predicted octanol–water partition coefficient (Wildman–Crippen LogP) is 4.91. The van der Waals surface area contributed by atoms with Crippen molar-refractivity contribution in [2.75, 3.05) is 19.7 Å². The van der Waals surface area contributed by atoms with Gasteiger partial charge in [0.1, 0.15) is 18.5 Å². The number of aromatic nitrogens is 2. The van der Waals surface area contributed by atoms with Gasteiger partial charge in [-0.1, -0.05) is 35.4 Å². The highest BCUT2D eigenvalue weighted by Gasteiger charge is 2.24. The van der Waals surface area contributed by atoms with Crippen molar-refractivity contribution < 1.29 is 23.9 Å². The third-order valence-corrected chi connectivity index (χ3v) is 5.91. The fourth-order valence-corrected chi connectivity index (χ4v) is 4.04. The second-order valence-corrected chi connectivity index (χ2v) is 9.26. The van der Waals surface area contributed by atoms with Gasteiger partial charge in [0.25, 0.3) is 11.8 Å². The van der Waals surface area contributed by atoms with E-state index in [9.17, 15) is 14.4 Å². The van der Waals surface area contributed by atoms with E-state index in [0.717, 1.165) is 0 Å². The van der Waals surface area contributed by atoms with Crippen molar-refractivity contribution in [3.8, 4) is 0 Å². The van der Waals surface area contributed by atoms with Gasteiger partial charge in [-0.05, 0) is 50.2 Å². The van der Waals surface area contributed by atoms with Crippen LogP contribution in [0.3, 0.4) is 0 Å². The minimum Gasteiger partial charge on any atom is -0.432 e. The highest BCUT2D eigenvalue weighted by atomic mass is 35.5. The Kier molecular flexibility index (Phi) is 7.81. The molecule has 4 rings (SSSR count). The monoisotopic (exact) mass is 530 g/mol. The number of hydrogen-bond acceptors (Lipinski definition) is 6. The molecule has 0 aliphatic carbocycles. The van der Waals surface area contributed by atoms with E-state index in [1.54, 1.807) is 36.9 Å². The van der Waals surface area contributed by atoms with Gasteiger partial charge in [0, 0.05) is 23.7 Å². The summed E-state index contributed by atoms with van der Waals surface area (Å²) in [6, 6.07) is 8.77. The zero-order valence-corrected chi connectivity index (χ0v) is 21.1. The molecule has 0 spiro atoms. The normalized spacial score (nSPS) is 13.8. The van der Waals surface area contributed by atoms with Crippen LogP contribution in [0.5, 0.6) is 0 Å². The highest BCUT2D eigenvalue weighted by molar-refractivity contribution is 6.34. The maximum atomic E-state index is 13.1. The zero-order chi connectivity index (χ0) is 25.8. The molecule has 36 heavy (non-hydrogen) atoms. The van der Waals surface area contributed by atoms with Crippen LogP contribution in [0.15, 0.2) is 48.6 Å². The van der Waals surface area contributed by atoms with Gasteiger partial charge in [-0.3, -0.25) is 9.59 Å². The molecule has 1 aliphatic rings. The summed E-state index contributed by atoms with van der Waals surface area (Å²) in [5.41, 5.74) is 1.82. The van der Waals surface area contributed by atoms with Crippen molar-refractivity contribution in [2.24, 2.45) is 0 Å². The number of nitrogens with zero attached hydrogens (tertiary/aromatic N) is 2. The number of hydrogen-bond donors (Lipinski definition) is 2. The quantitative estimate of drug-likeness (QED) is 0.331. The minimum atomic E-state index is -0.870. The van der Waals surface area contributed by atoms with Gasteiger partial charge in [-0.25, -0.2) is 9.78 Å². The predicted molar refractivity (Wildman–Crippen MR) is 135 cm³/mol. The zero-order valence-electron chi connectivity index (χ0n) is 19.6. The Hall–Kier alpha value is -3.56. The van der Waals surface area contributed by atoms with Gasteiger partial charge >= 0.3 is 6.16 Å². The van der Waals surface area contributed by atoms with E-state index in [4.69, 9.17) is 32.7 Å². The standard InChI is InChI=1S/C25H24Cl2N4O5/c1-14(2)36-25(34)35-13-21(22-28-19-8-6-16(26)12-20(19)29-22)30-23(32)15-5-7-17(18(27)11-15)24(33)31-9-3-4-10-31/h3-8,11-12,14,21H,9-10,13H2,1-2H3,(H,28,29)(H,30,32)/t21-/m0/s1. The summed E-state index contributed by atoms with van der Waals surface area (Å²) >= 11 is 12.4. The van der Waals surface area contributed by atoms with Crippen molar-refractivity contribution in [1.82, 2.24) is 20.2 Å². The summed E-state index contributed by atoms with van der Waals surface area (Å²) in [5, 5.41) is 3.47. The smallest absolute Gasteiger partial charge is 0.432 e. The lowest BCUT2D eigenvalue weighted by Gasteiger charge is -2.18. The maximum absolute atomic E-state index is 13.1. The fraction of sp³-hybridized carbons (Fsp3) is 0.280. The number of carbonyl (C=O) groups is 3. The number of ether oxygens (including phenoxy) is 2. The first-order valence-corrected chi connectivity index (χ1v) is 12.0. The van der Waals surface area contributed by atoms with Crippen LogP contribution in [-0.2, 0) is 9.47 Å². The van der Waals surface area contributed by atoms with Crippen molar-refractivity contribution >= 4 is 52.2 Å². The Labute approximate surface area is 217 Å². The lowest BCUT2D eigenvalue weighted by molar-refractivity contribution is 0.0280. The number of carbonyl (C=O) groups excluding carboxylic acids is 3. The SMILES string of the molecule is CC(C)OC(=O)OC[C@H](NC(=O)c1ccc(C(=O)N2CC=CC2)c(Cl)c1)c1nc2cc(Cl)ccc2[nH]1. The number of imidazole rings is 1. The molecule has 0 saturated carbocycles. The Morgan fingerprint density at radius 1 is 1.11 bits per heavy atom. The summed E-state index contributed by atoms with van der Waals surface area (Å²) in [5.74, 6) is -0.353. The molecule has 1 atom stereocenters. The van der Waals surface area contributed by atoms with Gasteiger partial charge < -0.3 is 24.7 Å². The molecule has 3 aromatic rings. The molecule has 1 aromatic heterocycles. The number of aromatic amines is 1. The maximum Gasteiger partial charge on any atom is 0.508 e. The molecule has 0 unspecified atom stereocenters. The van der Waals surface area contributed by atoms with Gasteiger partial charge in [0.05, 0.1) is 27.7 Å². The van der Waals surface area contributed by atoms with Crippen LogP contribution in [0.1, 0.15) is 46.4 Å². The van der Waals surface area contributed by atoms with Crippen LogP contribution in [0, 0.1) is 0 Å². The van der Waals surface area contributed by atoms with E-state index in [2.05, 4.69) is 15.3 Å². The van der Waals surface area contributed by atoms with Crippen LogP contribution in [0.2, 0.25) is 10.0 Å². The largest absolute Gasteiger partial charge is 0.508 e. The number of rotatable bonds is 7. The van der Waals surface area contributed by atoms with Crippen LogP contribution in [0.25, 0.3) is 11.0 Å². The third kappa shape index (κ3) is 5.98. The topological polar surface area (TPSA) is 114 Å². The summed E-state index contributed by atoms with van der Waals surface area (Å²) < 4.78 is 10.2. The molecule has 9 nitrogen and oxygen atoms in total. The first-order valence-electron chi connectivity index (χ1n) is 11.2. The van der Waals surface area contributed by atoms with Crippen LogP contribution < -0.4 is 5.32 Å². The molecule has 2 aromatic carbocycles. The minimum absolute atomic E-state index is 0.159. The van der Waals surface area contributed by atoms with E-state index in [-0.39, 0.29) is 29.2 Å². The summed E-state index contributed by atoms with van der Waals surface area (Å²) in [6.07, 6.45) is 2.57. The molecule has 0 fully saturated rings. The van der Waals surface area contributed by atoms with Gasteiger partial charge in [0.15, 0.2) is 0 Å². The molecule has 2 N–H and O–H groups in total. The Morgan fingerprint density at radius 2 is 1.86 bits per heavy atom. The van der Waals surface area contributed by atoms with E-state index in [1.165, 1.54) is 18.2 Å². The van der Waals surface area contributed by atoms with Gasteiger partial charge in [-0.2, -0.15) is 0 Å². The second-order valence-electron chi connectivity index (χ2n) is 8.41. The lowest BCUT2D eigenvalue weighted by Crippen LogP contribution is -2.33. The molecule has 0 saturated heterocycles. The Balaban J connectivity index is 1.54. The average Bonchev–Trinajstić information content (AvgIpc) is 3.50. The molecule has 2 amide bonds. The number of nitrogens with one attached hydrogen (secondary N) is 2. The summed E-state index contributed by atoms with van der Waals surface area (Å²) in [4.78, 5) is 47.0. The van der Waals surface area contributed by atoms with Crippen molar-refractivity contribution in [3.05, 3.63) is 75.5 Å². The number of amides is 2. The van der Waals surface area contributed by atoms with Crippen molar-refractivity contribution in [3.63, 3.8) is 0 Å². The molecule has 188 valence electrons. The van der Waals surface area contributed by atoms with E-state index in [1.807, 2.05) is 12.2 Å². The highest BCUT2D eigenvalue weighted by Crippen LogP contribution is 2.23. The molecule has 0 radical (unpaired) electrons. The molecule has 2 heterocycles. The van der Waals surface area contributed by atoms with Gasteiger partial charge in [-0.15, -0.1) is 0 Å². The van der Waals surface area contributed by atoms with Crippen LogP contribution in [-0.4, -0.2) is 58.6 Å². The molecular weight excluding hydrogens is 507 g/mol. The van der Waals surface area contributed by atoms with E-state index in [0.29, 0.717) is 40.5 Å². The Bertz CT molecular complexity index is 1330. The van der Waals surface area contributed by atoms with Crippen molar-refractivity contribution in [1.29, 1.82) is 0 Å². The number of H-pyrrole nitrogens is 1. The number of benzene rings is 2. The average molecular weight is 531 g/mol.